The molecule has 2 heterocycles. The van der Waals surface area contributed by atoms with Crippen LogP contribution in [0.2, 0.25) is 0 Å². The molecule has 2 aromatic rings. The van der Waals surface area contributed by atoms with Gasteiger partial charge in [-0.25, -0.2) is 4.39 Å². The van der Waals surface area contributed by atoms with Crippen LogP contribution >= 0.6 is 0 Å². The SMILES string of the molecule is Oc1ccc(-c2noc(CC3CNC3)n2)cc1F. The molecule has 1 aliphatic heterocycles. The van der Waals surface area contributed by atoms with Crippen molar-refractivity contribution < 1.29 is 14.0 Å². The summed E-state index contributed by atoms with van der Waals surface area (Å²) in [6.07, 6.45) is 0.737. The van der Waals surface area contributed by atoms with Gasteiger partial charge < -0.3 is 14.9 Å². The van der Waals surface area contributed by atoms with E-state index in [2.05, 4.69) is 15.5 Å². The molecule has 0 unspecified atom stereocenters. The van der Waals surface area contributed by atoms with E-state index in [1.165, 1.54) is 12.1 Å². The van der Waals surface area contributed by atoms with E-state index in [-0.39, 0.29) is 5.75 Å². The Hall–Kier alpha value is -1.95. The van der Waals surface area contributed by atoms with Gasteiger partial charge in [-0.05, 0) is 37.2 Å². The lowest BCUT2D eigenvalue weighted by Crippen LogP contribution is -2.43. The first-order valence-corrected chi connectivity index (χ1v) is 5.74. The minimum atomic E-state index is -0.693. The highest BCUT2D eigenvalue weighted by Crippen LogP contribution is 2.23. The molecule has 5 nitrogen and oxygen atoms in total. The summed E-state index contributed by atoms with van der Waals surface area (Å²) < 4.78 is 18.3. The molecular formula is C12H12FN3O2. The van der Waals surface area contributed by atoms with Crippen molar-refractivity contribution in [3.8, 4) is 17.1 Å². The lowest BCUT2D eigenvalue weighted by molar-refractivity contribution is 0.296. The molecule has 0 aliphatic carbocycles. The Balaban J connectivity index is 1.80. The summed E-state index contributed by atoms with van der Waals surface area (Å²) in [6.45, 7) is 1.93. The van der Waals surface area contributed by atoms with Crippen molar-refractivity contribution >= 4 is 0 Å². The Morgan fingerprint density at radius 1 is 1.44 bits per heavy atom. The summed E-state index contributed by atoms with van der Waals surface area (Å²) in [6, 6.07) is 4.02. The minimum Gasteiger partial charge on any atom is -0.505 e. The normalized spacial score (nSPS) is 15.6. The van der Waals surface area contributed by atoms with Crippen LogP contribution in [0.25, 0.3) is 11.4 Å². The monoisotopic (exact) mass is 249 g/mol. The predicted molar refractivity (Wildman–Crippen MR) is 61.4 cm³/mol. The number of aromatic nitrogens is 2. The first-order valence-electron chi connectivity index (χ1n) is 5.74. The van der Waals surface area contributed by atoms with Gasteiger partial charge in [-0.15, -0.1) is 0 Å². The largest absolute Gasteiger partial charge is 0.505 e. The van der Waals surface area contributed by atoms with Gasteiger partial charge in [0.1, 0.15) is 0 Å². The number of phenolic OH excluding ortho intramolecular Hbond substituents is 1. The van der Waals surface area contributed by atoms with Crippen molar-refractivity contribution in [2.45, 2.75) is 6.42 Å². The Morgan fingerprint density at radius 3 is 2.94 bits per heavy atom. The van der Waals surface area contributed by atoms with Crippen LogP contribution in [0.1, 0.15) is 5.89 Å². The summed E-state index contributed by atoms with van der Waals surface area (Å²) >= 11 is 0. The van der Waals surface area contributed by atoms with Gasteiger partial charge in [0.15, 0.2) is 11.6 Å². The van der Waals surface area contributed by atoms with Gasteiger partial charge in [-0.2, -0.15) is 4.98 Å². The fraction of sp³-hybridized carbons (Fsp3) is 0.333. The molecule has 1 fully saturated rings. The summed E-state index contributed by atoms with van der Waals surface area (Å²) in [4.78, 5) is 4.22. The topological polar surface area (TPSA) is 71.2 Å². The second kappa shape index (κ2) is 4.38. The Labute approximate surface area is 103 Å². The van der Waals surface area contributed by atoms with Crippen LogP contribution in [-0.2, 0) is 6.42 Å². The van der Waals surface area contributed by atoms with E-state index in [1.54, 1.807) is 6.07 Å². The minimum absolute atomic E-state index is 0.344. The lowest BCUT2D eigenvalue weighted by atomic mass is 10.00. The molecule has 0 atom stereocenters. The van der Waals surface area contributed by atoms with Crippen LogP contribution in [0.15, 0.2) is 22.7 Å². The number of phenols is 1. The molecule has 0 spiro atoms. The predicted octanol–water partition coefficient (Wildman–Crippen LogP) is 1.34. The highest BCUT2D eigenvalue weighted by atomic mass is 19.1. The van der Waals surface area contributed by atoms with Gasteiger partial charge in [-0.1, -0.05) is 5.16 Å². The van der Waals surface area contributed by atoms with Gasteiger partial charge in [0, 0.05) is 12.0 Å². The summed E-state index contributed by atoms with van der Waals surface area (Å²) in [5.74, 6) is 0.362. The molecule has 1 aliphatic rings. The molecule has 0 radical (unpaired) electrons. The number of nitrogens with one attached hydrogen (secondary N) is 1. The number of rotatable bonds is 3. The second-order valence-corrected chi connectivity index (χ2v) is 4.41. The zero-order valence-corrected chi connectivity index (χ0v) is 9.56. The van der Waals surface area contributed by atoms with Crippen LogP contribution in [0.5, 0.6) is 5.75 Å². The fourth-order valence-corrected chi connectivity index (χ4v) is 1.84. The molecule has 6 heteroatoms. The summed E-state index contributed by atoms with van der Waals surface area (Å²) in [5.41, 5.74) is 0.493. The van der Waals surface area contributed by atoms with Gasteiger partial charge in [0.05, 0.1) is 0 Å². The molecule has 1 aromatic carbocycles. The molecule has 18 heavy (non-hydrogen) atoms. The van der Waals surface area contributed by atoms with E-state index in [9.17, 15) is 4.39 Å². The van der Waals surface area contributed by atoms with Crippen LogP contribution < -0.4 is 5.32 Å². The van der Waals surface area contributed by atoms with Crippen molar-refractivity contribution in [3.63, 3.8) is 0 Å². The van der Waals surface area contributed by atoms with E-state index < -0.39 is 5.82 Å². The molecule has 3 rings (SSSR count). The highest BCUT2D eigenvalue weighted by Gasteiger charge is 2.20. The summed E-state index contributed by atoms with van der Waals surface area (Å²) in [5, 5.41) is 16.1. The van der Waals surface area contributed by atoms with Crippen molar-refractivity contribution in [1.82, 2.24) is 15.5 Å². The number of nitrogens with zero attached hydrogens (tertiary/aromatic N) is 2. The van der Waals surface area contributed by atoms with Crippen LogP contribution in [0, 0.1) is 11.7 Å². The Kier molecular flexibility index (Phi) is 2.71. The molecular weight excluding hydrogens is 237 g/mol. The van der Waals surface area contributed by atoms with Crippen molar-refractivity contribution in [3.05, 3.63) is 29.9 Å². The lowest BCUT2D eigenvalue weighted by Gasteiger charge is -2.25. The first-order chi connectivity index (χ1) is 8.72. The van der Waals surface area contributed by atoms with E-state index in [0.29, 0.717) is 23.2 Å². The van der Waals surface area contributed by atoms with E-state index in [1.807, 2.05) is 0 Å². The van der Waals surface area contributed by atoms with Crippen molar-refractivity contribution in [1.29, 1.82) is 0 Å². The number of aromatic hydroxyl groups is 1. The number of hydrogen-bond donors (Lipinski definition) is 2. The van der Waals surface area contributed by atoms with Crippen LogP contribution in [0.4, 0.5) is 4.39 Å². The number of halogens is 1. The first kappa shape index (κ1) is 11.2. The molecule has 0 bridgehead atoms. The molecule has 1 saturated heterocycles. The van der Waals surface area contributed by atoms with Gasteiger partial charge >= 0.3 is 0 Å². The maximum Gasteiger partial charge on any atom is 0.227 e. The maximum atomic E-state index is 13.2. The summed E-state index contributed by atoms with van der Waals surface area (Å²) in [7, 11) is 0. The highest BCUT2D eigenvalue weighted by molar-refractivity contribution is 5.55. The molecule has 2 N–H and O–H groups in total. The smallest absolute Gasteiger partial charge is 0.227 e. The Morgan fingerprint density at radius 2 is 2.28 bits per heavy atom. The standard InChI is InChI=1S/C12H12FN3O2/c13-9-4-8(1-2-10(9)17)12-15-11(18-16-12)3-7-5-14-6-7/h1-2,4,7,14,17H,3,5-6H2. The number of benzene rings is 1. The zero-order chi connectivity index (χ0) is 12.5. The number of hydrogen-bond acceptors (Lipinski definition) is 5. The van der Waals surface area contributed by atoms with E-state index in [0.717, 1.165) is 19.5 Å². The maximum absolute atomic E-state index is 13.2. The third-order valence-electron chi connectivity index (χ3n) is 3.00. The van der Waals surface area contributed by atoms with E-state index in [4.69, 9.17) is 9.63 Å². The quantitative estimate of drug-likeness (QED) is 0.859. The molecule has 94 valence electrons. The average molecular weight is 249 g/mol. The van der Waals surface area contributed by atoms with Gasteiger partial charge in [0.25, 0.3) is 0 Å². The molecule has 0 saturated carbocycles. The third kappa shape index (κ3) is 2.06. The van der Waals surface area contributed by atoms with Crippen LogP contribution in [-0.4, -0.2) is 28.3 Å². The fourth-order valence-electron chi connectivity index (χ4n) is 1.84. The van der Waals surface area contributed by atoms with Gasteiger partial charge in [0.2, 0.25) is 11.7 Å². The van der Waals surface area contributed by atoms with Crippen molar-refractivity contribution in [2.24, 2.45) is 5.92 Å². The zero-order valence-electron chi connectivity index (χ0n) is 9.56. The Bertz CT molecular complexity index is 566. The van der Waals surface area contributed by atoms with Crippen molar-refractivity contribution in [2.75, 3.05) is 13.1 Å². The second-order valence-electron chi connectivity index (χ2n) is 4.41. The molecule has 1 aromatic heterocycles. The third-order valence-corrected chi connectivity index (χ3v) is 3.00. The molecule has 0 amide bonds. The van der Waals surface area contributed by atoms with E-state index >= 15 is 0 Å². The van der Waals surface area contributed by atoms with Gasteiger partial charge in [-0.3, -0.25) is 0 Å². The van der Waals surface area contributed by atoms with Crippen LogP contribution in [0.3, 0.4) is 0 Å². The average Bonchev–Trinajstić information content (AvgIpc) is 2.76.